The molecule has 0 radical (unpaired) electrons. The molecular weight excluding hydrogens is 484 g/mol. The van der Waals surface area contributed by atoms with Gasteiger partial charge in [0.2, 0.25) is 0 Å². The molecule has 0 bridgehead atoms. The summed E-state index contributed by atoms with van der Waals surface area (Å²) in [5.74, 6) is 0.778. The molecule has 1 saturated heterocycles. The average Bonchev–Trinajstić information content (AvgIpc) is 3.24. The second-order valence-corrected chi connectivity index (χ2v) is 9.35. The number of piperazine rings is 1. The van der Waals surface area contributed by atoms with E-state index >= 15 is 0 Å². The Labute approximate surface area is 170 Å². The smallest absolute Gasteiger partial charge is 0.356 e. The van der Waals surface area contributed by atoms with Crippen LogP contribution in [0.15, 0.2) is 4.99 Å². The van der Waals surface area contributed by atoms with Crippen LogP contribution in [0, 0.1) is 5.41 Å². The molecule has 154 valence electrons. The monoisotopic (exact) mass is 512 g/mol. The minimum absolute atomic E-state index is 0. The second-order valence-electron chi connectivity index (χ2n) is 7.21. The van der Waals surface area contributed by atoms with Gasteiger partial charge in [0.05, 0.1) is 5.75 Å². The van der Waals surface area contributed by atoms with Crippen molar-refractivity contribution in [3.05, 3.63) is 0 Å². The van der Waals surface area contributed by atoms with E-state index in [4.69, 9.17) is 0 Å². The van der Waals surface area contributed by atoms with E-state index in [0.29, 0.717) is 38.7 Å². The fourth-order valence-electron chi connectivity index (χ4n) is 3.23. The number of hydrogen-bond acceptors (Lipinski definition) is 4. The van der Waals surface area contributed by atoms with Crippen LogP contribution in [-0.4, -0.2) is 88.2 Å². The molecule has 11 heteroatoms. The Morgan fingerprint density at radius 3 is 2.15 bits per heavy atom. The van der Waals surface area contributed by atoms with Gasteiger partial charge in [-0.3, -0.25) is 9.89 Å². The van der Waals surface area contributed by atoms with E-state index in [1.807, 2.05) is 4.90 Å². The Morgan fingerprint density at radius 1 is 1.23 bits per heavy atom. The predicted octanol–water partition coefficient (Wildman–Crippen LogP) is 1.57. The molecule has 1 unspecified atom stereocenters. The summed E-state index contributed by atoms with van der Waals surface area (Å²) in [6.45, 7) is 3.25. The largest absolute Gasteiger partial charge is 0.403 e. The zero-order valence-corrected chi connectivity index (χ0v) is 18.5. The van der Waals surface area contributed by atoms with Crippen LogP contribution in [-0.2, 0) is 9.84 Å². The molecule has 2 fully saturated rings. The molecule has 0 aromatic heterocycles. The zero-order chi connectivity index (χ0) is 18.9. The summed E-state index contributed by atoms with van der Waals surface area (Å²) >= 11 is 0. The van der Waals surface area contributed by atoms with E-state index in [9.17, 15) is 21.6 Å². The molecule has 6 nitrogen and oxygen atoms in total. The number of halogens is 4. The normalized spacial score (nSPS) is 22.5. The van der Waals surface area contributed by atoms with Crippen molar-refractivity contribution >= 4 is 39.8 Å². The Hall–Kier alpha value is -0.300. The van der Waals surface area contributed by atoms with Crippen molar-refractivity contribution in [2.45, 2.75) is 32.0 Å². The van der Waals surface area contributed by atoms with E-state index in [1.54, 1.807) is 7.05 Å². The number of nitrogens with zero attached hydrogens (tertiary/aromatic N) is 3. The van der Waals surface area contributed by atoms with Crippen LogP contribution in [0.25, 0.3) is 0 Å². The van der Waals surface area contributed by atoms with Crippen LogP contribution in [0.3, 0.4) is 0 Å². The predicted molar refractivity (Wildman–Crippen MR) is 107 cm³/mol. The van der Waals surface area contributed by atoms with Crippen LogP contribution in [0.4, 0.5) is 13.2 Å². The van der Waals surface area contributed by atoms with E-state index in [1.165, 1.54) is 18.1 Å². The summed E-state index contributed by atoms with van der Waals surface area (Å²) < 4.78 is 61.5. The first-order chi connectivity index (χ1) is 11.5. The third kappa shape index (κ3) is 6.70. The maximum absolute atomic E-state index is 12.8. The van der Waals surface area contributed by atoms with Gasteiger partial charge < -0.3 is 10.2 Å². The summed E-state index contributed by atoms with van der Waals surface area (Å²) in [5.41, 5.74) is -0.226. The highest BCUT2D eigenvalue weighted by Gasteiger charge is 2.45. The van der Waals surface area contributed by atoms with E-state index in [2.05, 4.69) is 10.3 Å². The fourth-order valence-corrected chi connectivity index (χ4v) is 4.74. The van der Waals surface area contributed by atoms with Crippen molar-refractivity contribution in [1.29, 1.82) is 0 Å². The second kappa shape index (κ2) is 8.80. The Kier molecular flexibility index (Phi) is 8.04. The molecule has 0 spiro atoms. The van der Waals surface area contributed by atoms with Crippen molar-refractivity contribution in [3.63, 3.8) is 0 Å². The van der Waals surface area contributed by atoms with Crippen LogP contribution in [0.5, 0.6) is 0 Å². The standard InChI is InChI=1S/C15H27F3N4O2S.HI/c1-12(15(16,17)18)21-6-8-22(9-7-21)13(19-2)20-10-14(4-5-14)11-25(3,23)24;/h12H,4-11H2,1-3H3,(H,19,20);1H. The fraction of sp³-hybridized carbons (Fsp3) is 0.933. The van der Waals surface area contributed by atoms with Crippen LogP contribution >= 0.6 is 24.0 Å². The third-order valence-electron chi connectivity index (χ3n) is 4.99. The summed E-state index contributed by atoms with van der Waals surface area (Å²) in [6, 6.07) is -1.45. The third-order valence-corrected chi connectivity index (χ3v) is 6.13. The lowest BCUT2D eigenvalue weighted by Gasteiger charge is -2.39. The van der Waals surface area contributed by atoms with Gasteiger partial charge in [-0.1, -0.05) is 0 Å². The molecular formula is C15H28F3IN4O2S. The van der Waals surface area contributed by atoms with Crippen molar-refractivity contribution in [1.82, 2.24) is 15.1 Å². The molecule has 0 amide bonds. The zero-order valence-electron chi connectivity index (χ0n) is 15.3. The molecule has 0 aromatic rings. The number of sulfone groups is 1. The molecule has 0 aromatic carbocycles. The summed E-state index contributed by atoms with van der Waals surface area (Å²) in [4.78, 5) is 7.55. The summed E-state index contributed by atoms with van der Waals surface area (Å²) in [7, 11) is -1.41. The van der Waals surface area contributed by atoms with Gasteiger partial charge in [0.25, 0.3) is 0 Å². The average molecular weight is 512 g/mol. The van der Waals surface area contributed by atoms with Crippen LogP contribution < -0.4 is 5.32 Å². The number of guanidine groups is 1. The summed E-state index contributed by atoms with van der Waals surface area (Å²) in [6.07, 6.45) is -1.25. The Balaban J connectivity index is 0.00000338. The van der Waals surface area contributed by atoms with Gasteiger partial charge in [-0.05, 0) is 19.8 Å². The number of alkyl halides is 3. The lowest BCUT2D eigenvalue weighted by atomic mass is 10.1. The molecule has 2 rings (SSSR count). The molecule has 1 aliphatic carbocycles. The molecule has 2 aliphatic rings. The van der Waals surface area contributed by atoms with Crippen molar-refractivity contribution in [2.24, 2.45) is 10.4 Å². The highest BCUT2D eigenvalue weighted by molar-refractivity contribution is 14.0. The molecule has 1 heterocycles. The quantitative estimate of drug-likeness (QED) is 0.345. The number of hydrogen-bond donors (Lipinski definition) is 1. The first kappa shape index (κ1) is 23.7. The minimum Gasteiger partial charge on any atom is -0.356 e. The first-order valence-electron chi connectivity index (χ1n) is 8.40. The van der Waals surface area contributed by atoms with E-state index in [0.717, 1.165) is 12.8 Å². The van der Waals surface area contributed by atoms with Crippen molar-refractivity contribution in [2.75, 3.05) is 51.8 Å². The van der Waals surface area contributed by atoms with Crippen molar-refractivity contribution in [3.8, 4) is 0 Å². The maximum atomic E-state index is 12.8. The Morgan fingerprint density at radius 2 is 1.77 bits per heavy atom. The molecule has 1 aliphatic heterocycles. The topological polar surface area (TPSA) is 65.0 Å². The Bertz CT molecular complexity index is 601. The van der Waals surface area contributed by atoms with Gasteiger partial charge in [0, 0.05) is 51.4 Å². The number of nitrogens with one attached hydrogen (secondary N) is 1. The van der Waals surface area contributed by atoms with Gasteiger partial charge in [-0.15, -0.1) is 24.0 Å². The van der Waals surface area contributed by atoms with Crippen LogP contribution in [0.1, 0.15) is 19.8 Å². The lowest BCUT2D eigenvalue weighted by Crippen LogP contribution is -2.57. The van der Waals surface area contributed by atoms with E-state index < -0.39 is 22.1 Å². The van der Waals surface area contributed by atoms with Crippen molar-refractivity contribution < 1.29 is 21.6 Å². The SMILES string of the molecule is CN=C(NCC1(CS(C)(=O)=O)CC1)N1CCN(C(C)C(F)(F)F)CC1.I. The number of rotatable bonds is 5. The van der Waals surface area contributed by atoms with E-state index in [-0.39, 0.29) is 35.1 Å². The molecule has 26 heavy (non-hydrogen) atoms. The molecule has 1 atom stereocenters. The maximum Gasteiger partial charge on any atom is 0.403 e. The van der Waals surface area contributed by atoms with Gasteiger partial charge in [-0.2, -0.15) is 13.2 Å². The van der Waals surface area contributed by atoms with Gasteiger partial charge in [0.15, 0.2) is 5.96 Å². The lowest BCUT2D eigenvalue weighted by molar-refractivity contribution is -0.181. The van der Waals surface area contributed by atoms with Gasteiger partial charge in [0.1, 0.15) is 15.9 Å². The molecule has 1 N–H and O–H groups in total. The number of aliphatic imine (C=N–C) groups is 1. The first-order valence-corrected chi connectivity index (χ1v) is 10.5. The molecule has 1 saturated carbocycles. The minimum atomic E-state index is -4.22. The van der Waals surface area contributed by atoms with Gasteiger partial charge >= 0.3 is 6.18 Å². The summed E-state index contributed by atoms with van der Waals surface area (Å²) in [5, 5.41) is 3.21. The van der Waals surface area contributed by atoms with Crippen LogP contribution in [0.2, 0.25) is 0 Å². The highest BCUT2D eigenvalue weighted by atomic mass is 127. The van der Waals surface area contributed by atoms with Gasteiger partial charge in [-0.25, -0.2) is 8.42 Å². The highest BCUT2D eigenvalue weighted by Crippen LogP contribution is 2.46.